The van der Waals surface area contributed by atoms with Gasteiger partial charge in [-0.2, -0.15) is 13.2 Å². The van der Waals surface area contributed by atoms with Crippen LogP contribution in [0, 0.1) is 0 Å². The van der Waals surface area contributed by atoms with E-state index in [1.54, 1.807) is 11.0 Å². The molecular weight excluding hydrogens is 313 g/mol. The fraction of sp³-hybridized carbons (Fsp3) is 0.368. The van der Waals surface area contributed by atoms with Crippen molar-refractivity contribution in [2.75, 3.05) is 26.2 Å². The van der Waals surface area contributed by atoms with Gasteiger partial charge < -0.3 is 9.80 Å². The van der Waals surface area contributed by atoms with Crippen molar-refractivity contribution in [1.29, 1.82) is 0 Å². The third kappa shape index (κ3) is 4.58. The number of piperazine rings is 1. The van der Waals surface area contributed by atoms with Gasteiger partial charge in [-0.1, -0.05) is 42.5 Å². The number of nitrogens with one attached hydrogen (secondary N) is 2. The first-order valence-electron chi connectivity index (χ1n) is 8.38. The van der Waals surface area contributed by atoms with Crippen LogP contribution in [0.2, 0.25) is 0 Å². The molecule has 128 valence electrons. The van der Waals surface area contributed by atoms with Gasteiger partial charge in [-0.3, -0.25) is 0 Å². The molecule has 0 radical (unpaired) electrons. The summed E-state index contributed by atoms with van der Waals surface area (Å²) in [6, 6.07) is 16.2. The van der Waals surface area contributed by atoms with Crippen LogP contribution in [-0.4, -0.2) is 26.2 Å². The van der Waals surface area contributed by atoms with Crippen LogP contribution in [0.25, 0.3) is 0 Å². The van der Waals surface area contributed by atoms with Crippen molar-refractivity contribution in [1.82, 2.24) is 0 Å². The maximum atomic E-state index is 12.8. The van der Waals surface area contributed by atoms with Crippen LogP contribution in [0.4, 0.5) is 13.2 Å². The van der Waals surface area contributed by atoms with Gasteiger partial charge in [-0.15, -0.1) is 0 Å². The first kappa shape index (κ1) is 17.0. The predicted octanol–water partition coefficient (Wildman–Crippen LogP) is 1.19. The summed E-state index contributed by atoms with van der Waals surface area (Å²) in [5.74, 6) is 0. The Hall–Kier alpha value is -1.85. The van der Waals surface area contributed by atoms with Crippen LogP contribution in [0.1, 0.15) is 16.7 Å². The van der Waals surface area contributed by atoms with Crippen molar-refractivity contribution in [3.63, 3.8) is 0 Å². The topological polar surface area (TPSA) is 8.88 Å². The van der Waals surface area contributed by atoms with E-state index in [2.05, 4.69) is 24.3 Å². The minimum atomic E-state index is -4.26. The van der Waals surface area contributed by atoms with Crippen molar-refractivity contribution in [2.45, 2.75) is 19.3 Å². The van der Waals surface area contributed by atoms with Crippen molar-refractivity contribution >= 4 is 0 Å². The Bertz CT molecular complexity index is 647. The molecular formula is C19H23F3N2+2. The van der Waals surface area contributed by atoms with Gasteiger partial charge in [0.05, 0.1) is 5.56 Å². The van der Waals surface area contributed by atoms with E-state index in [1.165, 1.54) is 22.6 Å². The first-order chi connectivity index (χ1) is 11.5. The molecule has 1 heterocycles. The molecule has 24 heavy (non-hydrogen) atoms. The van der Waals surface area contributed by atoms with E-state index in [9.17, 15) is 13.2 Å². The molecule has 0 atom stereocenters. The molecule has 0 saturated carbocycles. The summed E-state index contributed by atoms with van der Waals surface area (Å²) in [6.07, 6.45) is -4.26. The van der Waals surface area contributed by atoms with Crippen LogP contribution in [-0.2, 0) is 19.3 Å². The summed E-state index contributed by atoms with van der Waals surface area (Å²) in [4.78, 5) is 2.92. The highest BCUT2D eigenvalue weighted by Gasteiger charge is 2.31. The van der Waals surface area contributed by atoms with Crippen LogP contribution in [0.15, 0.2) is 54.6 Å². The molecule has 0 aromatic heterocycles. The molecule has 2 N–H and O–H groups in total. The van der Waals surface area contributed by atoms with Gasteiger partial charge in [0.15, 0.2) is 0 Å². The van der Waals surface area contributed by atoms with Gasteiger partial charge in [-0.05, 0) is 12.1 Å². The summed E-state index contributed by atoms with van der Waals surface area (Å²) >= 11 is 0. The highest BCUT2D eigenvalue weighted by Crippen LogP contribution is 2.29. The zero-order valence-electron chi connectivity index (χ0n) is 13.6. The molecule has 3 rings (SSSR count). The maximum absolute atomic E-state index is 12.8. The molecule has 2 aromatic carbocycles. The van der Waals surface area contributed by atoms with Crippen LogP contribution in [0.3, 0.4) is 0 Å². The molecule has 5 heteroatoms. The van der Waals surface area contributed by atoms with Crippen LogP contribution >= 0.6 is 0 Å². The van der Waals surface area contributed by atoms with E-state index >= 15 is 0 Å². The third-order valence-corrected chi connectivity index (χ3v) is 4.67. The molecule has 0 spiro atoms. The lowest BCUT2D eigenvalue weighted by atomic mass is 10.1. The van der Waals surface area contributed by atoms with Crippen molar-refractivity contribution in [3.05, 3.63) is 71.3 Å². The second kappa shape index (κ2) is 7.36. The monoisotopic (exact) mass is 336 g/mol. The lowest BCUT2D eigenvalue weighted by Crippen LogP contribution is -3.27. The smallest absolute Gasteiger partial charge is 0.322 e. The van der Waals surface area contributed by atoms with Gasteiger partial charge in [0.1, 0.15) is 39.3 Å². The molecule has 1 fully saturated rings. The molecule has 2 nitrogen and oxygen atoms in total. The fourth-order valence-corrected chi connectivity index (χ4v) is 3.34. The molecule has 1 saturated heterocycles. The predicted molar refractivity (Wildman–Crippen MR) is 86.7 cm³/mol. The summed E-state index contributed by atoms with van der Waals surface area (Å²) < 4.78 is 38.4. The van der Waals surface area contributed by atoms with E-state index in [0.29, 0.717) is 6.54 Å². The number of quaternary nitrogens is 2. The molecule has 0 bridgehead atoms. The van der Waals surface area contributed by atoms with Crippen molar-refractivity contribution in [3.8, 4) is 0 Å². The molecule has 1 aliphatic heterocycles. The number of halogens is 3. The van der Waals surface area contributed by atoms with Gasteiger partial charge in [0.25, 0.3) is 0 Å². The number of alkyl halides is 3. The molecule has 2 aromatic rings. The largest absolute Gasteiger partial charge is 0.416 e. The Kier molecular flexibility index (Phi) is 5.21. The van der Waals surface area contributed by atoms with Crippen LogP contribution in [0.5, 0.6) is 0 Å². The Balaban J connectivity index is 1.52. The van der Waals surface area contributed by atoms with Gasteiger partial charge >= 0.3 is 6.18 Å². The number of hydrogen-bond donors (Lipinski definition) is 2. The lowest BCUT2D eigenvalue weighted by molar-refractivity contribution is -1.02. The van der Waals surface area contributed by atoms with E-state index in [0.717, 1.165) is 44.4 Å². The first-order valence-corrected chi connectivity index (χ1v) is 8.38. The SMILES string of the molecule is FC(F)(F)c1cccc(C[NH+]2CC[NH+](Cc3ccccc3)CC2)c1. The highest BCUT2D eigenvalue weighted by molar-refractivity contribution is 5.25. The van der Waals surface area contributed by atoms with E-state index in [1.807, 2.05) is 6.07 Å². The normalized spacial score (nSPS) is 21.6. The van der Waals surface area contributed by atoms with Gasteiger partial charge in [-0.25, -0.2) is 0 Å². The maximum Gasteiger partial charge on any atom is 0.416 e. The number of hydrogen-bond acceptors (Lipinski definition) is 0. The summed E-state index contributed by atoms with van der Waals surface area (Å²) in [7, 11) is 0. The molecule has 0 unspecified atom stereocenters. The van der Waals surface area contributed by atoms with E-state index in [4.69, 9.17) is 0 Å². The summed E-state index contributed by atoms with van der Waals surface area (Å²) in [5, 5.41) is 0. The second-order valence-electron chi connectivity index (χ2n) is 6.54. The average Bonchev–Trinajstić information content (AvgIpc) is 2.57. The number of benzene rings is 2. The average molecular weight is 336 g/mol. The van der Waals surface area contributed by atoms with Crippen molar-refractivity contribution in [2.24, 2.45) is 0 Å². The Labute approximate surface area is 140 Å². The fourth-order valence-electron chi connectivity index (χ4n) is 3.34. The lowest BCUT2D eigenvalue weighted by Gasteiger charge is -2.30. The minimum Gasteiger partial charge on any atom is -0.322 e. The standard InChI is InChI=1S/C19H21F3N2/c20-19(21,22)18-8-4-7-17(13-18)15-24-11-9-23(10-12-24)14-16-5-2-1-3-6-16/h1-8,13H,9-12,14-15H2/p+2. The van der Waals surface area contributed by atoms with E-state index < -0.39 is 11.7 Å². The number of rotatable bonds is 4. The quantitative estimate of drug-likeness (QED) is 0.830. The molecule has 0 amide bonds. The minimum absolute atomic E-state index is 0.548. The zero-order chi connectivity index (χ0) is 17.0. The molecule has 0 aliphatic carbocycles. The van der Waals surface area contributed by atoms with Gasteiger partial charge in [0.2, 0.25) is 0 Å². The third-order valence-electron chi connectivity index (χ3n) is 4.67. The Morgan fingerprint density at radius 2 is 1.25 bits per heavy atom. The highest BCUT2D eigenvalue weighted by atomic mass is 19.4. The summed E-state index contributed by atoms with van der Waals surface area (Å²) in [6.45, 7) is 5.81. The van der Waals surface area contributed by atoms with Crippen LogP contribution < -0.4 is 9.80 Å². The Morgan fingerprint density at radius 3 is 1.83 bits per heavy atom. The van der Waals surface area contributed by atoms with E-state index in [-0.39, 0.29) is 0 Å². The Morgan fingerprint density at radius 1 is 0.708 bits per heavy atom. The summed E-state index contributed by atoms with van der Waals surface area (Å²) in [5.41, 5.74) is 1.56. The van der Waals surface area contributed by atoms with Crippen molar-refractivity contribution < 1.29 is 23.0 Å². The molecule has 1 aliphatic rings. The van der Waals surface area contributed by atoms with Gasteiger partial charge in [0, 0.05) is 11.1 Å². The second-order valence-corrected chi connectivity index (χ2v) is 6.54. The zero-order valence-corrected chi connectivity index (χ0v) is 13.6.